The van der Waals surface area contributed by atoms with Crippen LogP contribution >= 0.6 is 0 Å². The zero-order valence-electron chi connectivity index (χ0n) is 11.3. The van der Waals surface area contributed by atoms with Gasteiger partial charge in [-0.3, -0.25) is 0 Å². The first-order chi connectivity index (χ1) is 8.65. The second-order valence-electron chi connectivity index (χ2n) is 4.33. The van der Waals surface area contributed by atoms with Gasteiger partial charge in [0.1, 0.15) is 0 Å². The Morgan fingerprint density at radius 1 is 1.28 bits per heavy atom. The molecule has 0 N–H and O–H groups in total. The first-order valence-corrected chi connectivity index (χ1v) is 6.18. The summed E-state index contributed by atoms with van der Waals surface area (Å²) < 4.78 is 7.12. The summed E-state index contributed by atoms with van der Waals surface area (Å²) in [4.78, 5) is 4.51. The Bertz CT molecular complexity index is 516. The fourth-order valence-electron chi connectivity index (χ4n) is 1.88. The predicted molar refractivity (Wildman–Crippen MR) is 71.2 cm³/mol. The third-order valence-corrected chi connectivity index (χ3v) is 3.11. The number of aryl methyl sites for hydroxylation is 2. The van der Waals surface area contributed by atoms with Crippen LogP contribution in [0, 0.1) is 0 Å². The van der Waals surface area contributed by atoms with Crippen LogP contribution in [0.3, 0.4) is 0 Å². The van der Waals surface area contributed by atoms with Gasteiger partial charge in [-0.05, 0) is 12.5 Å². The summed E-state index contributed by atoms with van der Waals surface area (Å²) in [5.41, 5.74) is 2.25. The number of ether oxygens (including phenoxy) is 1. The first-order valence-electron chi connectivity index (χ1n) is 6.18. The monoisotopic (exact) mass is 245 g/mol. The second kappa shape index (κ2) is 5.31. The minimum absolute atomic E-state index is 0.116. The lowest BCUT2D eigenvalue weighted by Crippen LogP contribution is -1.97. The van der Waals surface area contributed by atoms with Gasteiger partial charge in [-0.15, -0.1) is 0 Å². The van der Waals surface area contributed by atoms with Gasteiger partial charge in [0.05, 0.1) is 6.10 Å². The standard InChI is InChI=1S/C14H19N3O/c1-5-13-15-14(17(3)16-13)12-8-6-11(7-9-12)10(2)18-4/h6-10H,5H2,1-4H3/t10-/m1/s1. The Balaban J connectivity index is 2.31. The Morgan fingerprint density at radius 2 is 1.94 bits per heavy atom. The lowest BCUT2D eigenvalue weighted by Gasteiger charge is -2.10. The molecule has 1 heterocycles. The summed E-state index contributed by atoms with van der Waals surface area (Å²) >= 11 is 0. The van der Waals surface area contributed by atoms with Crippen molar-refractivity contribution >= 4 is 0 Å². The van der Waals surface area contributed by atoms with E-state index in [-0.39, 0.29) is 6.10 Å². The maximum atomic E-state index is 5.29. The smallest absolute Gasteiger partial charge is 0.158 e. The van der Waals surface area contributed by atoms with E-state index in [2.05, 4.69) is 41.3 Å². The van der Waals surface area contributed by atoms with E-state index in [1.807, 2.05) is 18.7 Å². The fraction of sp³-hybridized carbons (Fsp3) is 0.429. The molecule has 1 aromatic heterocycles. The molecule has 0 aliphatic rings. The Kier molecular flexibility index (Phi) is 3.77. The number of hydrogen-bond acceptors (Lipinski definition) is 3. The third kappa shape index (κ3) is 2.43. The van der Waals surface area contributed by atoms with Gasteiger partial charge in [-0.1, -0.05) is 31.2 Å². The molecule has 0 aliphatic heterocycles. The summed E-state index contributed by atoms with van der Waals surface area (Å²) in [6.45, 7) is 4.09. The van der Waals surface area contributed by atoms with E-state index in [0.717, 1.165) is 23.6 Å². The molecule has 1 aromatic carbocycles. The molecular weight excluding hydrogens is 226 g/mol. The van der Waals surface area contributed by atoms with Crippen LogP contribution < -0.4 is 0 Å². The van der Waals surface area contributed by atoms with Crippen LogP contribution in [-0.2, 0) is 18.2 Å². The highest BCUT2D eigenvalue weighted by Crippen LogP contribution is 2.21. The lowest BCUT2D eigenvalue weighted by molar-refractivity contribution is 0.119. The van der Waals surface area contributed by atoms with Crippen LogP contribution in [0.25, 0.3) is 11.4 Å². The number of nitrogens with zero attached hydrogens (tertiary/aromatic N) is 3. The van der Waals surface area contributed by atoms with E-state index in [4.69, 9.17) is 4.74 Å². The molecule has 0 fully saturated rings. The maximum absolute atomic E-state index is 5.29. The second-order valence-corrected chi connectivity index (χ2v) is 4.33. The van der Waals surface area contributed by atoms with E-state index in [0.29, 0.717) is 0 Å². The van der Waals surface area contributed by atoms with E-state index in [9.17, 15) is 0 Å². The molecular formula is C14H19N3O. The third-order valence-electron chi connectivity index (χ3n) is 3.11. The van der Waals surface area contributed by atoms with Crippen LogP contribution in [-0.4, -0.2) is 21.9 Å². The minimum atomic E-state index is 0.116. The highest BCUT2D eigenvalue weighted by Gasteiger charge is 2.09. The highest BCUT2D eigenvalue weighted by molar-refractivity contribution is 5.55. The summed E-state index contributed by atoms with van der Waals surface area (Å²) in [6.07, 6.45) is 0.969. The molecule has 0 unspecified atom stereocenters. The van der Waals surface area contributed by atoms with E-state index < -0.39 is 0 Å². The number of aromatic nitrogens is 3. The van der Waals surface area contributed by atoms with Gasteiger partial charge in [-0.2, -0.15) is 5.10 Å². The number of hydrogen-bond donors (Lipinski definition) is 0. The molecule has 18 heavy (non-hydrogen) atoms. The number of benzene rings is 1. The molecule has 0 radical (unpaired) electrons. The zero-order chi connectivity index (χ0) is 13.1. The van der Waals surface area contributed by atoms with Gasteiger partial charge in [-0.25, -0.2) is 9.67 Å². The van der Waals surface area contributed by atoms with Crippen molar-refractivity contribution in [3.8, 4) is 11.4 Å². The van der Waals surface area contributed by atoms with Gasteiger partial charge in [0, 0.05) is 26.1 Å². The summed E-state index contributed by atoms with van der Waals surface area (Å²) in [7, 11) is 3.64. The van der Waals surface area contributed by atoms with E-state index in [1.165, 1.54) is 5.56 Å². The van der Waals surface area contributed by atoms with E-state index in [1.54, 1.807) is 7.11 Å². The first kappa shape index (κ1) is 12.8. The molecule has 4 nitrogen and oxygen atoms in total. The fourth-order valence-corrected chi connectivity index (χ4v) is 1.88. The molecule has 0 saturated heterocycles. The molecule has 2 aromatic rings. The number of methoxy groups -OCH3 is 1. The zero-order valence-corrected chi connectivity index (χ0v) is 11.3. The van der Waals surface area contributed by atoms with Gasteiger partial charge in [0.25, 0.3) is 0 Å². The van der Waals surface area contributed by atoms with Crippen molar-refractivity contribution in [1.29, 1.82) is 0 Å². The predicted octanol–water partition coefficient (Wildman–Crippen LogP) is 2.75. The van der Waals surface area contributed by atoms with Crippen molar-refractivity contribution in [3.63, 3.8) is 0 Å². The van der Waals surface area contributed by atoms with Gasteiger partial charge in [0.2, 0.25) is 0 Å². The summed E-state index contributed by atoms with van der Waals surface area (Å²) in [5, 5.41) is 4.36. The van der Waals surface area contributed by atoms with Crippen molar-refractivity contribution in [2.45, 2.75) is 26.4 Å². The minimum Gasteiger partial charge on any atom is -0.377 e. The quantitative estimate of drug-likeness (QED) is 0.831. The average molecular weight is 245 g/mol. The number of rotatable bonds is 4. The van der Waals surface area contributed by atoms with Crippen LogP contribution in [0.5, 0.6) is 0 Å². The van der Waals surface area contributed by atoms with Crippen LogP contribution in [0.1, 0.15) is 31.3 Å². The van der Waals surface area contributed by atoms with Crippen molar-refractivity contribution in [3.05, 3.63) is 35.7 Å². The molecule has 4 heteroatoms. The van der Waals surface area contributed by atoms with Crippen LogP contribution in [0.2, 0.25) is 0 Å². The molecule has 96 valence electrons. The van der Waals surface area contributed by atoms with Gasteiger partial charge >= 0.3 is 0 Å². The Labute approximate surface area is 108 Å². The van der Waals surface area contributed by atoms with Crippen LogP contribution in [0.15, 0.2) is 24.3 Å². The van der Waals surface area contributed by atoms with Gasteiger partial charge < -0.3 is 4.74 Å². The topological polar surface area (TPSA) is 39.9 Å². The molecule has 0 spiro atoms. The molecule has 2 rings (SSSR count). The summed E-state index contributed by atoms with van der Waals surface area (Å²) in [5.74, 6) is 1.78. The SMILES string of the molecule is CCc1nc(-c2ccc([C@@H](C)OC)cc2)n(C)n1. The Morgan fingerprint density at radius 3 is 2.44 bits per heavy atom. The molecule has 0 aliphatic carbocycles. The normalized spacial score (nSPS) is 12.7. The largest absolute Gasteiger partial charge is 0.377 e. The van der Waals surface area contributed by atoms with Gasteiger partial charge in [0.15, 0.2) is 11.6 Å². The van der Waals surface area contributed by atoms with Crippen molar-refractivity contribution in [2.24, 2.45) is 7.05 Å². The highest BCUT2D eigenvalue weighted by atomic mass is 16.5. The molecule has 1 atom stereocenters. The lowest BCUT2D eigenvalue weighted by atomic mass is 10.1. The molecule has 0 bridgehead atoms. The van der Waals surface area contributed by atoms with Crippen molar-refractivity contribution < 1.29 is 4.74 Å². The van der Waals surface area contributed by atoms with Crippen molar-refractivity contribution in [2.75, 3.05) is 7.11 Å². The maximum Gasteiger partial charge on any atom is 0.158 e. The van der Waals surface area contributed by atoms with Crippen molar-refractivity contribution in [1.82, 2.24) is 14.8 Å². The molecule has 0 amide bonds. The van der Waals surface area contributed by atoms with E-state index >= 15 is 0 Å². The average Bonchev–Trinajstić information content (AvgIpc) is 2.79. The summed E-state index contributed by atoms with van der Waals surface area (Å²) in [6, 6.07) is 8.27. The Hall–Kier alpha value is -1.68. The molecule has 0 saturated carbocycles. The van der Waals surface area contributed by atoms with Crippen LogP contribution in [0.4, 0.5) is 0 Å².